The van der Waals surface area contributed by atoms with Crippen LogP contribution in [0.25, 0.3) is 11.3 Å². The lowest BCUT2D eigenvalue weighted by Crippen LogP contribution is -1.99. The number of anilines is 1. The second-order valence-corrected chi connectivity index (χ2v) is 3.86. The lowest BCUT2D eigenvalue weighted by molar-refractivity contribution is 0.572. The van der Waals surface area contributed by atoms with Crippen LogP contribution in [-0.4, -0.2) is 11.0 Å². The molecule has 1 aromatic heterocycles. The van der Waals surface area contributed by atoms with E-state index in [1.165, 1.54) is 24.9 Å². The van der Waals surface area contributed by atoms with Gasteiger partial charge in [0.25, 0.3) is 0 Å². The maximum absolute atomic E-state index is 5.22. The molecule has 3 nitrogen and oxygen atoms in total. The van der Waals surface area contributed by atoms with Crippen molar-refractivity contribution in [3.8, 4) is 11.3 Å². The Balaban J connectivity index is 1.80. The first-order chi connectivity index (χ1) is 7.42. The second kappa shape index (κ2) is 3.42. The Hall–Kier alpha value is -1.77. The summed E-state index contributed by atoms with van der Waals surface area (Å²) in [7, 11) is 0. The highest BCUT2D eigenvalue weighted by Crippen LogP contribution is 2.26. The molecule has 1 aromatic carbocycles. The number of oxazole rings is 1. The molecule has 0 radical (unpaired) electrons. The summed E-state index contributed by atoms with van der Waals surface area (Å²) in [6.07, 6.45) is 5.77. The van der Waals surface area contributed by atoms with E-state index in [4.69, 9.17) is 4.42 Å². The Morgan fingerprint density at radius 1 is 1.20 bits per heavy atom. The van der Waals surface area contributed by atoms with Gasteiger partial charge in [-0.25, -0.2) is 4.98 Å². The fourth-order valence-electron chi connectivity index (χ4n) is 1.55. The summed E-state index contributed by atoms with van der Waals surface area (Å²) in [6, 6.07) is 8.95. The van der Waals surface area contributed by atoms with Crippen LogP contribution in [0.15, 0.2) is 41.3 Å². The zero-order valence-electron chi connectivity index (χ0n) is 8.31. The molecule has 0 atom stereocenters. The molecule has 0 aliphatic heterocycles. The highest BCUT2D eigenvalue weighted by Gasteiger charge is 2.20. The van der Waals surface area contributed by atoms with E-state index in [0.717, 1.165) is 11.3 Å². The van der Waals surface area contributed by atoms with Crippen molar-refractivity contribution in [2.75, 3.05) is 5.32 Å². The van der Waals surface area contributed by atoms with Gasteiger partial charge in [-0.15, -0.1) is 0 Å². The van der Waals surface area contributed by atoms with Gasteiger partial charge >= 0.3 is 0 Å². The average molecular weight is 200 g/mol. The number of hydrogen-bond acceptors (Lipinski definition) is 3. The van der Waals surface area contributed by atoms with E-state index >= 15 is 0 Å². The van der Waals surface area contributed by atoms with Gasteiger partial charge in [0.05, 0.1) is 6.20 Å². The lowest BCUT2D eigenvalue weighted by atomic mass is 10.2. The van der Waals surface area contributed by atoms with Crippen LogP contribution in [0.2, 0.25) is 0 Å². The topological polar surface area (TPSA) is 38.1 Å². The minimum atomic E-state index is 0.695. The van der Waals surface area contributed by atoms with Crippen LogP contribution in [0.4, 0.5) is 5.69 Å². The van der Waals surface area contributed by atoms with Crippen molar-refractivity contribution in [3.63, 3.8) is 0 Å². The molecule has 2 aromatic rings. The van der Waals surface area contributed by atoms with Gasteiger partial charge in [0.1, 0.15) is 0 Å². The van der Waals surface area contributed by atoms with Gasteiger partial charge in [-0.3, -0.25) is 0 Å². The van der Waals surface area contributed by atoms with Crippen LogP contribution in [0.5, 0.6) is 0 Å². The predicted octanol–water partition coefficient (Wildman–Crippen LogP) is 2.92. The van der Waals surface area contributed by atoms with Gasteiger partial charge in [-0.05, 0) is 37.1 Å². The van der Waals surface area contributed by atoms with Gasteiger partial charge in [-0.1, -0.05) is 0 Å². The Bertz CT molecular complexity index is 429. The third-order valence-electron chi connectivity index (χ3n) is 2.55. The summed E-state index contributed by atoms with van der Waals surface area (Å²) >= 11 is 0. The van der Waals surface area contributed by atoms with Crippen molar-refractivity contribution in [1.82, 2.24) is 4.98 Å². The smallest absolute Gasteiger partial charge is 0.181 e. The molecule has 15 heavy (non-hydrogen) atoms. The summed E-state index contributed by atoms with van der Waals surface area (Å²) in [5, 5.41) is 3.44. The van der Waals surface area contributed by atoms with Crippen molar-refractivity contribution >= 4 is 5.69 Å². The maximum atomic E-state index is 5.22. The number of aromatic nitrogens is 1. The van der Waals surface area contributed by atoms with Crippen LogP contribution < -0.4 is 5.32 Å². The molecule has 0 saturated heterocycles. The molecule has 1 heterocycles. The molecule has 76 valence electrons. The largest absolute Gasteiger partial charge is 0.444 e. The first-order valence-electron chi connectivity index (χ1n) is 5.17. The summed E-state index contributed by atoms with van der Waals surface area (Å²) < 4.78 is 5.22. The van der Waals surface area contributed by atoms with Crippen molar-refractivity contribution in [2.45, 2.75) is 18.9 Å². The van der Waals surface area contributed by atoms with E-state index in [1.54, 1.807) is 6.20 Å². The number of nitrogens with zero attached hydrogens (tertiary/aromatic N) is 1. The molecule has 1 aliphatic carbocycles. The minimum absolute atomic E-state index is 0.695. The van der Waals surface area contributed by atoms with E-state index in [9.17, 15) is 0 Å². The first kappa shape index (κ1) is 8.53. The van der Waals surface area contributed by atoms with Crippen LogP contribution >= 0.6 is 0 Å². The molecule has 0 amide bonds. The highest BCUT2D eigenvalue weighted by molar-refractivity contribution is 5.60. The second-order valence-electron chi connectivity index (χ2n) is 3.86. The van der Waals surface area contributed by atoms with Gasteiger partial charge in [0.2, 0.25) is 0 Å². The summed E-state index contributed by atoms with van der Waals surface area (Å²) in [5.41, 5.74) is 2.25. The summed E-state index contributed by atoms with van der Waals surface area (Å²) in [5.74, 6) is 0.813. The molecular formula is C12H12N2O. The number of hydrogen-bond donors (Lipinski definition) is 1. The molecule has 3 rings (SSSR count). The van der Waals surface area contributed by atoms with Crippen LogP contribution in [0, 0.1) is 0 Å². The summed E-state index contributed by atoms with van der Waals surface area (Å²) in [6.45, 7) is 0. The van der Waals surface area contributed by atoms with Gasteiger partial charge in [0.15, 0.2) is 12.2 Å². The zero-order chi connectivity index (χ0) is 10.1. The highest BCUT2D eigenvalue weighted by atomic mass is 16.3. The fourth-order valence-corrected chi connectivity index (χ4v) is 1.55. The normalized spacial score (nSPS) is 15.2. The molecule has 1 N–H and O–H groups in total. The zero-order valence-corrected chi connectivity index (χ0v) is 8.31. The predicted molar refractivity (Wildman–Crippen MR) is 58.6 cm³/mol. The van der Waals surface area contributed by atoms with E-state index in [0.29, 0.717) is 6.04 Å². The standard InChI is InChI=1S/C12H12N2O/c1-3-10(14-11-5-6-11)4-2-9(1)12-7-13-8-15-12/h1-4,7-8,11,14H,5-6H2. The molecule has 0 bridgehead atoms. The average Bonchev–Trinajstić information content (AvgIpc) is 2.92. The van der Waals surface area contributed by atoms with Crippen molar-refractivity contribution in [2.24, 2.45) is 0 Å². The number of nitrogens with one attached hydrogen (secondary N) is 1. The van der Waals surface area contributed by atoms with Crippen LogP contribution in [-0.2, 0) is 0 Å². The number of benzene rings is 1. The van der Waals surface area contributed by atoms with Crippen molar-refractivity contribution < 1.29 is 4.42 Å². The molecule has 0 spiro atoms. The Kier molecular flexibility index (Phi) is 1.95. The molecule has 1 fully saturated rings. The Morgan fingerprint density at radius 3 is 2.60 bits per heavy atom. The van der Waals surface area contributed by atoms with Crippen LogP contribution in [0.3, 0.4) is 0 Å². The maximum Gasteiger partial charge on any atom is 0.181 e. The van der Waals surface area contributed by atoms with E-state index < -0.39 is 0 Å². The molecular weight excluding hydrogens is 188 g/mol. The molecule has 1 aliphatic rings. The van der Waals surface area contributed by atoms with E-state index in [1.807, 2.05) is 12.1 Å². The lowest BCUT2D eigenvalue weighted by Gasteiger charge is -2.04. The van der Waals surface area contributed by atoms with E-state index in [-0.39, 0.29) is 0 Å². The van der Waals surface area contributed by atoms with E-state index in [2.05, 4.69) is 22.4 Å². The summed E-state index contributed by atoms with van der Waals surface area (Å²) in [4.78, 5) is 3.90. The minimum Gasteiger partial charge on any atom is -0.444 e. The molecule has 1 saturated carbocycles. The fraction of sp³-hybridized carbons (Fsp3) is 0.250. The third kappa shape index (κ3) is 1.86. The van der Waals surface area contributed by atoms with Gasteiger partial charge < -0.3 is 9.73 Å². The van der Waals surface area contributed by atoms with Crippen LogP contribution in [0.1, 0.15) is 12.8 Å². The Labute approximate surface area is 88.1 Å². The monoisotopic (exact) mass is 200 g/mol. The van der Waals surface area contributed by atoms with Gasteiger partial charge in [-0.2, -0.15) is 0 Å². The van der Waals surface area contributed by atoms with Crippen molar-refractivity contribution in [1.29, 1.82) is 0 Å². The molecule has 3 heteroatoms. The van der Waals surface area contributed by atoms with Gasteiger partial charge in [0, 0.05) is 17.3 Å². The Morgan fingerprint density at radius 2 is 2.00 bits per heavy atom. The number of rotatable bonds is 3. The third-order valence-corrected chi connectivity index (χ3v) is 2.55. The molecule has 0 unspecified atom stereocenters. The SMILES string of the molecule is c1ncc(-c2ccc(NC3CC3)cc2)o1. The van der Waals surface area contributed by atoms with Crippen molar-refractivity contribution in [3.05, 3.63) is 36.9 Å². The first-order valence-corrected chi connectivity index (χ1v) is 5.17. The quantitative estimate of drug-likeness (QED) is 0.827.